The first-order valence-corrected chi connectivity index (χ1v) is 3.62. The van der Waals surface area contributed by atoms with E-state index in [2.05, 4.69) is 0 Å². The molecule has 1 heterocycles. The maximum atomic E-state index is 11.3. The number of rotatable bonds is 1. The van der Waals surface area contributed by atoms with Crippen LogP contribution in [-0.2, 0) is 9.53 Å². The highest BCUT2D eigenvalue weighted by molar-refractivity contribution is 5.90. The van der Waals surface area contributed by atoms with Gasteiger partial charge >= 0.3 is 0 Å². The van der Waals surface area contributed by atoms with Gasteiger partial charge in [-0.15, -0.1) is 0 Å². The van der Waals surface area contributed by atoms with Gasteiger partial charge in [-0.1, -0.05) is 20.8 Å². The van der Waals surface area contributed by atoms with Crippen LogP contribution in [0.5, 0.6) is 0 Å². The fourth-order valence-corrected chi connectivity index (χ4v) is 0.888. The second-order valence-corrected chi connectivity index (χ2v) is 3.88. The number of carbonyl (C=O) groups excluding carboxylic acids is 1. The van der Waals surface area contributed by atoms with Crippen LogP contribution in [0.1, 0.15) is 27.7 Å². The van der Waals surface area contributed by atoms with Gasteiger partial charge < -0.3 is 4.74 Å². The molecule has 0 spiro atoms. The Balaban J connectivity index is 2.51. The van der Waals surface area contributed by atoms with Crippen LogP contribution < -0.4 is 0 Å². The Morgan fingerprint density at radius 3 is 1.90 bits per heavy atom. The molecule has 0 aromatic carbocycles. The number of Topliss-reactive ketones (excluding diaryl/α,β-unsaturated/α-hetero) is 1. The first-order valence-electron chi connectivity index (χ1n) is 3.62. The molecule has 0 bridgehead atoms. The number of hydrogen-bond acceptors (Lipinski definition) is 2. The summed E-state index contributed by atoms with van der Waals surface area (Å²) in [5.41, 5.74) is -0.241. The predicted octanol–water partition coefficient (Wildman–Crippen LogP) is 1.39. The third kappa shape index (κ3) is 1.37. The lowest BCUT2D eigenvalue weighted by Crippen LogP contribution is -2.25. The number of carbonyl (C=O) groups is 1. The van der Waals surface area contributed by atoms with E-state index in [1.54, 1.807) is 0 Å². The normalized spacial score (nSPS) is 32.0. The van der Waals surface area contributed by atoms with Crippen LogP contribution in [0.15, 0.2) is 0 Å². The molecule has 0 N–H and O–H groups in total. The molecule has 1 aliphatic rings. The molecule has 1 aliphatic heterocycles. The molecule has 0 aliphatic carbocycles. The van der Waals surface area contributed by atoms with Gasteiger partial charge in [0.05, 0.1) is 6.10 Å². The third-order valence-corrected chi connectivity index (χ3v) is 1.71. The highest BCUT2D eigenvalue weighted by Crippen LogP contribution is 2.29. The number of ether oxygens (including phenoxy) is 1. The van der Waals surface area contributed by atoms with Crippen LogP contribution in [0.4, 0.5) is 0 Å². The van der Waals surface area contributed by atoms with Gasteiger partial charge in [0.2, 0.25) is 0 Å². The predicted molar refractivity (Wildman–Crippen MR) is 38.8 cm³/mol. The Kier molecular flexibility index (Phi) is 1.59. The monoisotopic (exact) mass is 142 g/mol. The van der Waals surface area contributed by atoms with E-state index >= 15 is 0 Å². The zero-order valence-electron chi connectivity index (χ0n) is 6.97. The summed E-state index contributed by atoms with van der Waals surface area (Å²) < 4.78 is 5.06. The maximum Gasteiger partial charge on any atom is 0.169 e. The first kappa shape index (κ1) is 7.73. The fraction of sp³-hybridized carbons (Fsp3) is 0.875. The van der Waals surface area contributed by atoms with E-state index in [4.69, 9.17) is 4.74 Å². The Bertz CT molecular complexity index is 155. The summed E-state index contributed by atoms with van der Waals surface area (Å²) in [4.78, 5) is 11.3. The summed E-state index contributed by atoms with van der Waals surface area (Å²) >= 11 is 0. The zero-order chi connectivity index (χ0) is 7.94. The number of ketones is 1. The molecule has 2 heteroatoms. The van der Waals surface area contributed by atoms with Gasteiger partial charge in [-0.3, -0.25) is 4.79 Å². The minimum absolute atomic E-state index is 0.111. The molecular weight excluding hydrogens is 128 g/mol. The van der Waals surface area contributed by atoms with E-state index in [9.17, 15) is 4.79 Å². The summed E-state index contributed by atoms with van der Waals surface area (Å²) in [5.74, 6) is 0.222. The minimum atomic E-state index is -0.241. The van der Waals surface area contributed by atoms with E-state index < -0.39 is 0 Å². The minimum Gasteiger partial charge on any atom is -0.362 e. The van der Waals surface area contributed by atoms with E-state index in [0.29, 0.717) is 0 Å². The molecule has 1 fully saturated rings. The molecule has 0 aromatic rings. The van der Waals surface area contributed by atoms with Crippen molar-refractivity contribution in [3.05, 3.63) is 0 Å². The Morgan fingerprint density at radius 1 is 1.40 bits per heavy atom. The third-order valence-electron chi connectivity index (χ3n) is 1.71. The zero-order valence-corrected chi connectivity index (χ0v) is 6.97. The summed E-state index contributed by atoms with van der Waals surface area (Å²) in [6.45, 7) is 7.69. The molecule has 0 aromatic heterocycles. The van der Waals surface area contributed by atoms with E-state index in [0.717, 1.165) is 0 Å². The maximum absolute atomic E-state index is 11.3. The Morgan fingerprint density at radius 2 is 1.80 bits per heavy atom. The lowest BCUT2D eigenvalue weighted by atomic mass is 9.88. The lowest BCUT2D eigenvalue weighted by Gasteiger charge is -2.13. The molecule has 1 saturated heterocycles. The van der Waals surface area contributed by atoms with Crippen molar-refractivity contribution in [2.45, 2.75) is 39.9 Å². The van der Waals surface area contributed by atoms with Crippen LogP contribution in [0.3, 0.4) is 0 Å². The van der Waals surface area contributed by atoms with Crippen molar-refractivity contribution in [1.29, 1.82) is 0 Å². The highest BCUT2D eigenvalue weighted by atomic mass is 16.6. The summed E-state index contributed by atoms with van der Waals surface area (Å²) in [7, 11) is 0. The molecule has 58 valence electrons. The van der Waals surface area contributed by atoms with Crippen LogP contribution in [-0.4, -0.2) is 18.0 Å². The molecule has 10 heavy (non-hydrogen) atoms. The van der Waals surface area contributed by atoms with Gasteiger partial charge in [-0.05, 0) is 6.92 Å². The lowest BCUT2D eigenvalue weighted by molar-refractivity contribution is -0.127. The summed E-state index contributed by atoms with van der Waals surface area (Å²) in [6, 6.07) is 0. The Labute approximate surface area is 61.6 Å². The summed E-state index contributed by atoms with van der Waals surface area (Å²) in [5, 5.41) is 0. The Hall–Kier alpha value is -0.370. The molecule has 0 radical (unpaired) electrons. The van der Waals surface area contributed by atoms with Crippen molar-refractivity contribution in [3.63, 3.8) is 0 Å². The number of epoxide rings is 1. The molecular formula is C8H14O2. The average molecular weight is 142 g/mol. The van der Waals surface area contributed by atoms with Crippen LogP contribution in [0, 0.1) is 5.41 Å². The van der Waals surface area contributed by atoms with Gasteiger partial charge in [0.15, 0.2) is 5.78 Å². The summed E-state index contributed by atoms with van der Waals surface area (Å²) in [6.07, 6.45) is 0.0479. The largest absolute Gasteiger partial charge is 0.362 e. The van der Waals surface area contributed by atoms with Gasteiger partial charge in [0, 0.05) is 5.41 Å². The van der Waals surface area contributed by atoms with Gasteiger partial charge in [0.25, 0.3) is 0 Å². The van der Waals surface area contributed by atoms with Crippen LogP contribution in [0.25, 0.3) is 0 Å². The SMILES string of the molecule is C[C@H]1O[C@@H]1C(=O)C(C)(C)C. The van der Waals surface area contributed by atoms with E-state index in [1.807, 2.05) is 27.7 Å². The van der Waals surface area contributed by atoms with Crippen molar-refractivity contribution >= 4 is 5.78 Å². The molecule has 0 unspecified atom stereocenters. The molecule has 2 nitrogen and oxygen atoms in total. The molecule has 1 rings (SSSR count). The second-order valence-electron chi connectivity index (χ2n) is 3.88. The van der Waals surface area contributed by atoms with Gasteiger partial charge in [0.1, 0.15) is 6.10 Å². The molecule has 2 atom stereocenters. The van der Waals surface area contributed by atoms with E-state index in [-0.39, 0.29) is 23.4 Å². The standard InChI is InChI=1S/C8H14O2/c1-5-6(10-5)7(9)8(2,3)4/h5-6H,1-4H3/t5-,6+/m1/s1. The van der Waals surface area contributed by atoms with Gasteiger partial charge in [-0.25, -0.2) is 0 Å². The van der Waals surface area contributed by atoms with Crippen molar-refractivity contribution in [2.24, 2.45) is 5.41 Å². The van der Waals surface area contributed by atoms with Crippen LogP contribution in [0.2, 0.25) is 0 Å². The first-order chi connectivity index (χ1) is 4.43. The number of hydrogen-bond donors (Lipinski definition) is 0. The topological polar surface area (TPSA) is 29.6 Å². The highest BCUT2D eigenvalue weighted by Gasteiger charge is 2.45. The van der Waals surface area contributed by atoms with E-state index in [1.165, 1.54) is 0 Å². The fourth-order valence-electron chi connectivity index (χ4n) is 0.888. The van der Waals surface area contributed by atoms with Crippen LogP contribution >= 0.6 is 0 Å². The van der Waals surface area contributed by atoms with Crippen molar-refractivity contribution in [2.75, 3.05) is 0 Å². The van der Waals surface area contributed by atoms with Gasteiger partial charge in [-0.2, -0.15) is 0 Å². The average Bonchev–Trinajstić information content (AvgIpc) is 2.42. The van der Waals surface area contributed by atoms with Crippen molar-refractivity contribution in [3.8, 4) is 0 Å². The van der Waals surface area contributed by atoms with Crippen molar-refractivity contribution in [1.82, 2.24) is 0 Å². The second kappa shape index (κ2) is 2.06. The molecule has 0 saturated carbocycles. The quantitative estimate of drug-likeness (QED) is 0.518. The smallest absolute Gasteiger partial charge is 0.169 e. The van der Waals surface area contributed by atoms with Crippen molar-refractivity contribution < 1.29 is 9.53 Å². The molecule has 0 amide bonds.